The molecule has 0 fully saturated rings. The molecule has 3 aromatic rings. The van der Waals surface area contributed by atoms with E-state index in [4.69, 9.17) is 4.74 Å². The van der Waals surface area contributed by atoms with Crippen LogP contribution in [0.3, 0.4) is 0 Å². The van der Waals surface area contributed by atoms with Gasteiger partial charge in [-0.05, 0) is 79.3 Å². The first kappa shape index (κ1) is 23.5. The number of aryl methyl sites for hydroxylation is 1. The quantitative estimate of drug-likeness (QED) is 0.397. The lowest BCUT2D eigenvalue weighted by Crippen LogP contribution is -2.11. The molecule has 0 radical (unpaired) electrons. The van der Waals surface area contributed by atoms with E-state index in [9.17, 15) is 27.5 Å². The SMILES string of the molecule is Cc1ccc(OCc2ccc(F)cc2)c(C2=C(c3cc(C(F)(F)F)cc(C(=O)O)n3)CCC2)c1. The highest BCUT2D eigenvalue weighted by molar-refractivity contribution is 5.94. The van der Waals surface area contributed by atoms with Crippen LogP contribution in [0.15, 0.2) is 54.6 Å². The number of halogens is 4. The molecule has 4 nitrogen and oxygen atoms in total. The number of carboxylic acid groups (broad SMARTS) is 1. The van der Waals surface area contributed by atoms with Crippen LogP contribution in [0.4, 0.5) is 17.6 Å². The minimum Gasteiger partial charge on any atom is -0.488 e. The van der Waals surface area contributed by atoms with E-state index in [-0.39, 0.29) is 18.1 Å². The van der Waals surface area contributed by atoms with Gasteiger partial charge in [0.2, 0.25) is 0 Å². The zero-order valence-electron chi connectivity index (χ0n) is 18.2. The van der Waals surface area contributed by atoms with Crippen LogP contribution in [-0.4, -0.2) is 16.1 Å². The first-order valence-electron chi connectivity index (χ1n) is 10.6. The van der Waals surface area contributed by atoms with Crippen molar-refractivity contribution < 1.29 is 32.2 Å². The highest BCUT2D eigenvalue weighted by Crippen LogP contribution is 2.43. The number of allylic oxidation sites excluding steroid dienone is 2. The lowest BCUT2D eigenvalue weighted by Gasteiger charge is -2.16. The van der Waals surface area contributed by atoms with E-state index in [1.165, 1.54) is 12.1 Å². The average molecular weight is 471 g/mol. The van der Waals surface area contributed by atoms with Crippen LogP contribution in [0.5, 0.6) is 5.75 Å². The van der Waals surface area contributed by atoms with Gasteiger partial charge in [-0.2, -0.15) is 13.2 Å². The minimum atomic E-state index is -4.70. The Bertz CT molecular complexity index is 1260. The fraction of sp³-hybridized carbons (Fsp3) is 0.231. The van der Waals surface area contributed by atoms with Crippen molar-refractivity contribution in [2.45, 2.75) is 39.0 Å². The van der Waals surface area contributed by atoms with Crippen molar-refractivity contribution >= 4 is 17.1 Å². The Balaban J connectivity index is 1.77. The first-order valence-corrected chi connectivity index (χ1v) is 10.6. The molecular weight excluding hydrogens is 450 g/mol. The summed E-state index contributed by atoms with van der Waals surface area (Å²) in [5, 5.41) is 9.31. The summed E-state index contributed by atoms with van der Waals surface area (Å²) in [4.78, 5) is 15.5. The Morgan fingerprint density at radius 2 is 1.74 bits per heavy atom. The predicted molar refractivity (Wildman–Crippen MR) is 119 cm³/mol. The Labute approximate surface area is 193 Å². The third-order valence-corrected chi connectivity index (χ3v) is 5.67. The Kier molecular flexibility index (Phi) is 6.41. The molecule has 1 aliphatic carbocycles. The molecule has 4 rings (SSSR count). The predicted octanol–water partition coefficient (Wildman–Crippen LogP) is 6.92. The zero-order valence-corrected chi connectivity index (χ0v) is 18.2. The van der Waals surface area contributed by atoms with E-state index in [1.54, 1.807) is 18.2 Å². The monoisotopic (exact) mass is 471 g/mol. The molecule has 34 heavy (non-hydrogen) atoms. The van der Waals surface area contributed by atoms with Gasteiger partial charge in [-0.25, -0.2) is 14.2 Å². The second-order valence-corrected chi connectivity index (χ2v) is 8.15. The third kappa shape index (κ3) is 5.11. The van der Waals surface area contributed by atoms with Crippen molar-refractivity contribution in [1.82, 2.24) is 4.98 Å². The van der Waals surface area contributed by atoms with Gasteiger partial charge in [-0.3, -0.25) is 0 Å². The Morgan fingerprint density at radius 1 is 1.03 bits per heavy atom. The molecular formula is C26H21F4NO3. The highest BCUT2D eigenvalue weighted by Gasteiger charge is 2.33. The van der Waals surface area contributed by atoms with Gasteiger partial charge < -0.3 is 9.84 Å². The zero-order chi connectivity index (χ0) is 24.5. The number of carboxylic acids is 1. The Morgan fingerprint density at radius 3 is 2.41 bits per heavy atom. The molecule has 0 amide bonds. The number of aromatic nitrogens is 1. The summed E-state index contributed by atoms with van der Waals surface area (Å²) in [6.45, 7) is 2.08. The van der Waals surface area contributed by atoms with E-state index >= 15 is 0 Å². The number of hydrogen-bond donors (Lipinski definition) is 1. The van der Waals surface area contributed by atoms with Crippen LogP contribution in [0.1, 0.15) is 57.7 Å². The molecule has 0 spiro atoms. The molecule has 0 saturated heterocycles. The molecule has 1 N–H and O–H groups in total. The van der Waals surface area contributed by atoms with E-state index in [0.717, 1.165) is 28.3 Å². The van der Waals surface area contributed by atoms with E-state index in [1.807, 2.05) is 19.1 Å². The normalized spacial score (nSPS) is 13.9. The number of nitrogens with zero attached hydrogens (tertiary/aromatic N) is 1. The van der Waals surface area contributed by atoms with Gasteiger partial charge in [0.15, 0.2) is 0 Å². The largest absolute Gasteiger partial charge is 0.488 e. The lowest BCUT2D eigenvalue weighted by atomic mass is 9.96. The van der Waals surface area contributed by atoms with E-state index in [0.29, 0.717) is 36.7 Å². The van der Waals surface area contributed by atoms with Gasteiger partial charge in [0.25, 0.3) is 0 Å². The number of pyridine rings is 1. The van der Waals surface area contributed by atoms with Crippen molar-refractivity contribution in [1.29, 1.82) is 0 Å². The number of rotatable bonds is 6. The minimum absolute atomic E-state index is 0.00529. The molecule has 0 aliphatic heterocycles. The molecule has 0 bridgehead atoms. The van der Waals surface area contributed by atoms with Gasteiger partial charge >= 0.3 is 12.1 Å². The molecule has 0 saturated carbocycles. The summed E-state index contributed by atoms with van der Waals surface area (Å²) in [5.41, 5.74) is 2.08. The summed E-state index contributed by atoms with van der Waals surface area (Å²) in [7, 11) is 0. The molecule has 176 valence electrons. The van der Waals surface area contributed by atoms with Crippen LogP contribution < -0.4 is 4.74 Å². The number of alkyl halides is 3. The number of ether oxygens (including phenoxy) is 1. The van der Waals surface area contributed by atoms with Crippen LogP contribution in [0.2, 0.25) is 0 Å². The van der Waals surface area contributed by atoms with Gasteiger partial charge in [0.05, 0.1) is 11.3 Å². The first-order chi connectivity index (χ1) is 16.1. The maximum Gasteiger partial charge on any atom is 0.416 e. The van der Waals surface area contributed by atoms with Gasteiger partial charge in [-0.1, -0.05) is 23.8 Å². The summed E-state index contributed by atoms with van der Waals surface area (Å²) in [6, 6.07) is 12.9. The van der Waals surface area contributed by atoms with Crippen molar-refractivity contribution in [2.75, 3.05) is 0 Å². The van der Waals surface area contributed by atoms with Crippen molar-refractivity contribution in [3.05, 3.63) is 94.1 Å². The van der Waals surface area contributed by atoms with Gasteiger partial charge in [0, 0.05) is 5.56 Å². The van der Waals surface area contributed by atoms with Crippen molar-refractivity contribution in [2.24, 2.45) is 0 Å². The van der Waals surface area contributed by atoms with E-state index in [2.05, 4.69) is 4.98 Å². The number of benzene rings is 2. The summed E-state index contributed by atoms with van der Waals surface area (Å²) >= 11 is 0. The maximum absolute atomic E-state index is 13.4. The lowest BCUT2D eigenvalue weighted by molar-refractivity contribution is -0.137. The van der Waals surface area contributed by atoms with Crippen LogP contribution in [0, 0.1) is 12.7 Å². The van der Waals surface area contributed by atoms with Crippen molar-refractivity contribution in [3.63, 3.8) is 0 Å². The Hall–Kier alpha value is -3.68. The number of carbonyl (C=O) groups is 1. The topological polar surface area (TPSA) is 59.4 Å². The maximum atomic E-state index is 13.4. The molecule has 8 heteroatoms. The highest BCUT2D eigenvalue weighted by atomic mass is 19.4. The summed E-state index contributed by atoms with van der Waals surface area (Å²) in [6.07, 6.45) is -2.95. The molecule has 0 unspecified atom stereocenters. The summed E-state index contributed by atoms with van der Waals surface area (Å²) in [5.74, 6) is -1.34. The van der Waals surface area contributed by atoms with E-state index < -0.39 is 23.4 Å². The average Bonchev–Trinajstić information content (AvgIpc) is 3.28. The van der Waals surface area contributed by atoms with Crippen LogP contribution >= 0.6 is 0 Å². The van der Waals surface area contributed by atoms with Crippen LogP contribution in [0.25, 0.3) is 11.1 Å². The van der Waals surface area contributed by atoms with Gasteiger partial charge in [-0.15, -0.1) is 0 Å². The molecule has 0 atom stereocenters. The number of hydrogen-bond acceptors (Lipinski definition) is 3. The molecule has 1 aromatic heterocycles. The standard InChI is InChI=1S/C26H21F4NO3/c1-15-5-10-24(34-14-16-6-8-18(27)9-7-16)21(11-15)19-3-2-4-20(19)22-12-17(26(28,29)30)13-23(31-22)25(32)33/h5-13H,2-4,14H2,1H3,(H,32,33). The fourth-order valence-corrected chi connectivity index (χ4v) is 4.03. The molecule has 2 aromatic carbocycles. The van der Waals surface area contributed by atoms with Crippen molar-refractivity contribution in [3.8, 4) is 5.75 Å². The smallest absolute Gasteiger partial charge is 0.416 e. The van der Waals surface area contributed by atoms with Crippen LogP contribution in [-0.2, 0) is 12.8 Å². The fourth-order valence-electron chi connectivity index (χ4n) is 4.03. The molecule has 1 aliphatic rings. The number of aromatic carboxylic acids is 1. The third-order valence-electron chi connectivity index (χ3n) is 5.67. The second-order valence-electron chi connectivity index (χ2n) is 8.15. The second kappa shape index (κ2) is 9.29. The molecule has 1 heterocycles. The summed E-state index contributed by atoms with van der Waals surface area (Å²) < 4.78 is 59.5. The van der Waals surface area contributed by atoms with Gasteiger partial charge in [0.1, 0.15) is 23.9 Å².